The highest BCUT2D eigenvalue weighted by Gasteiger charge is 2.23. The van der Waals surface area contributed by atoms with E-state index in [2.05, 4.69) is 6.92 Å². The topological polar surface area (TPSA) is 63.6 Å². The van der Waals surface area contributed by atoms with Crippen molar-refractivity contribution in [3.05, 3.63) is 29.8 Å². The van der Waals surface area contributed by atoms with Gasteiger partial charge < -0.3 is 9.84 Å². The van der Waals surface area contributed by atoms with Gasteiger partial charge in [-0.25, -0.2) is 4.79 Å². The zero-order chi connectivity index (χ0) is 15.2. The molecule has 1 aliphatic rings. The maximum absolute atomic E-state index is 12.2. The molecule has 0 aliphatic heterocycles. The van der Waals surface area contributed by atoms with Gasteiger partial charge in [-0.05, 0) is 43.0 Å². The van der Waals surface area contributed by atoms with E-state index in [1.165, 1.54) is 25.0 Å². The second kappa shape index (κ2) is 7.59. The Balaban J connectivity index is 1.75. The molecule has 3 atom stereocenters. The normalized spacial score (nSPS) is 23.5. The average molecular weight is 310 g/mol. The fourth-order valence-corrected chi connectivity index (χ4v) is 4.27. The lowest BCUT2D eigenvalue weighted by molar-refractivity contribution is 0.0697. The van der Waals surface area contributed by atoms with Crippen LogP contribution in [0.15, 0.2) is 24.3 Å². The Kier molecular flexibility index (Phi) is 5.79. The lowest BCUT2D eigenvalue weighted by atomic mass is 9.91. The third kappa shape index (κ3) is 4.84. The lowest BCUT2D eigenvalue weighted by Crippen LogP contribution is -2.26. The number of hydrogen-bond acceptors (Lipinski definition) is 3. The Morgan fingerprint density at radius 3 is 2.67 bits per heavy atom. The number of ether oxygens (including phenoxy) is 1. The van der Waals surface area contributed by atoms with Crippen LogP contribution >= 0.6 is 0 Å². The Labute approximate surface area is 128 Å². The molecule has 4 nitrogen and oxygen atoms in total. The molecule has 2 rings (SSSR count). The summed E-state index contributed by atoms with van der Waals surface area (Å²) in [6.07, 6.45) is 4.54. The predicted molar refractivity (Wildman–Crippen MR) is 83.3 cm³/mol. The highest BCUT2D eigenvalue weighted by Crippen LogP contribution is 2.27. The summed E-state index contributed by atoms with van der Waals surface area (Å²) in [5.41, 5.74) is 0.238. The van der Waals surface area contributed by atoms with Crippen LogP contribution in [-0.2, 0) is 10.8 Å². The van der Waals surface area contributed by atoms with E-state index in [0.717, 1.165) is 12.8 Å². The van der Waals surface area contributed by atoms with Gasteiger partial charge in [0.2, 0.25) is 0 Å². The first kappa shape index (κ1) is 16.0. The molecule has 0 aromatic heterocycles. The Morgan fingerprint density at radius 2 is 2.05 bits per heavy atom. The summed E-state index contributed by atoms with van der Waals surface area (Å²) in [6.45, 7) is 2.63. The molecule has 1 saturated carbocycles. The van der Waals surface area contributed by atoms with Crippen LogP contribution in [0, 0.1) is 5.92 Å². The van der Waals surface area contributed by atoms with E-state index >= 15 is 0 Å². The summed E-state index contributed by atoms with van der Waals surface area (Å²) >= 11 is 0. The van der Waals surface area contributed by atoms with Crippen molar-refractivity contribution in [2.75, 3.05) is 12.4 Å². The van der Waals surface area contributed by atoms with Crippen molar-refractivity contribution in [2.24, 2.45) is 5.92 Å². The number of rotatable bonds is 6. The molecule has 1 fully saturated rings. The van der Waals surface area contributed by atoms with E-state index in [1.807, 2.05) is 0 Å². The van der Waals surface area contributed by atoms with Gasteiger partial charge in [-0.15, -0.1) is 0 Å². The van der Waals surface area contributed by atoms with Crippen molar-refractivity contribution >= 4 is 16.8 Å². The maximum atomic E-state index is 12.2. The fraction of sp³-hybridized carbons (Fsp3) is 0.562. The van der Waals surface area contributed by atoms with Gasteiger partial charge in [-0.3, -0.25) is 4.21 Å². The molecule has 0 spiro atoms. The van der Waals surface area contributed by atoms with Gasteiger partial charge in [0, 0.05) is 16.0 Å². The van der Waals surface area contributed by atoms with Gasteiger partial charge in [-0.1, -0.05) is 19.8 Å². The Bertz CT molecular complexity index is 498. The monoisotopic (exact) mass is 310 g/mol. The predicted octanol–water partition coefficient (Wildman–Crippen LogP) is 3.09. The van der Waals surface area contributed by atoms with Crippen molar-refractivity contribution in [1.82, 2.24) is 0 Å². The van der Waals surface area contributed by atoms with Crippen LogP contribution in [0.1, 0.15) is 43.0 Å². The largest absolute Gasteiger partial charge is 0.493 e. The maximum Gasteiger partial charge on any atom is 0.335 e. The van der Waals surface area contributed by atoms with E-state index in [9.17, 15) is 9.00 Å². The van der Waals surface area contributed by atoms with E-state index in [0.29, 0.717) is 29.3 Å². The number of benzene rings is 1. The van der Waals surface area contributed by atoms with Crippen LogP contribution in [0.2, 0.25) is 0 Å². The van der Waals surface area contributed by atoms with Gasteiger partial charge in [0.15, 0.2) is 0 Å². The number of carboxylic acid groups (broad SMARTS) is 1. The number of hydrogen-bond donors (Lipinski definition) is 1. The first-order valence-corrected chi connectivity index (χ1v) is 8.78. The summed E-state index contributed by atoms with van der Waals surface area (Å²) in [4.78, 5) is 10.7. The molecule has 0 amide bonds. The van der Waals surface area contributed by atoms with Crippen LogP contribution in [0.4, 0.5) is 0 Å². The summed E-state index contributed by atoms with van der Waals surface area (Å²) in [5, 5.41) is 9.12. The van der Waals surface area contributed by atoms with Gasteiger partial charge in [-0.2, -0.15) is 0 Å². The Hall–Kier alpha value is -1.36. The molecule has 1 aliphatic carbocycles. The smallest absolute Gasteiger partial charge is 0.335 e. The molecule has 3 unspecified atom stereocenters. The zero-order valence-corrected chi connectivity index (χ0v) is 13.1. The van der Waals surface area contributed by atoms with E-state index < -0.39 is 16.8 Å². The number of aromatic carboxylic acids is 1. The van der Waals surface area contributed by atoms with Crippen LogP contribution in [0.5, 0.6) is 5.75 Å². The van der Waals surface area contributed by atoms with Crippen molar-refractivity contribution in [3.8, 4) is 5.75 Å². The van der Waals surface area contributed by atoms with Gasteiger partial charge in [0.1, 0.15) is 5.75 Å². The minimum absolute atomic E-state index is 0.238. The molecule has 21 heavy (non-hydrogen) atoms. The standard InChI is InChI=1S/C16H22O4S/c1-12-3-2-4-15(11-12)21(19)10-9-20-14-7-5-13(6-8-14)16(17)18/h5-8,12,15H,2-4,9-11H2,1H3,(H,17,18). The lowest BCUT2D eigenvalue weighted by Gasteiger charge is -2.25. The Morgan fingerprint density at radius 1 is 1.33 bits per heavy atom. The van der Waals surface area contributed by atoms with Crippen LogP contribution < -0.4 is 4.74 Å². The average Bonchev–Trinajstić information content (AvgIpc) is 2.47. The van der Waals surface area contributed by atoms with E-state index in [4.69, 9.17) is 9.84 Å². The summed E-state index contributed by atoms with van der Waals surface area (Å²) in [6, 6.07) is 6.29. The van der Waals surface area contributed by atoms with Crippen LogP contribution in [0.25, 0.3) is 0 Å². The third-order valence-electron chi connectivity index (χ3n) is 3.91. The molecule has 1 aromatic rings. The molecule has 1 N–H and O–H groups in total. The van der Waals surface area contributed by atoms with Crippen molar-refractivity contribution in [1.29, 1.82) is 0 Å². The molecular weight excluding hydrogens is 288 g/mol. The molecule has 116 valence electrons. The van der Waals surface area contributed by atoms with Gasteiger partial charge >= 0.3 is 5.97 Å². The summed E-state index contributed by atoms with van der Waals surface area (Å²) in [7, 11) is -0.832. The molecule has 0 saturated heterocycles. The highest BCUT2D eigenvalue weighted by atomic mass is 32.2. The van der Waals surface area contributed by atoms with E-state index in [1.54, 1.807) is 12.1 Å². The molecule has 0 heterocycles. The molecule has 0 bridgehead atoms. The van der Waals surface area contributed by atoms with Crippen LogP contribution in [0.3, 0.4) is 0 Å². The minimum Gasteiger partial charge on any atom is -0.493 e. The van der Waals surface area contributed by atoms with Crippen molar-refractivity contribution in [3.63, 3.8) is 0 Å². The van der Waals surface area contributed by atoms with E-state index in [-0.39, 0.29) is 5.56 Å². The molecule has 0 radical (unpaired) electrons. The van der Waals surface area contributed by atoms with Gasteiger partial charge in [0.05, 0.1) is 17.9 Å². The second-order valence-corrected chi connectivity index (χ2v) is 7.49. The minimum atomic E-state index is -0.950. The van der Waals surface area contributed by atoms with Gasteiger partial charge in [0.25, 0.3) is 0 Å². The third-order valence-corrected chi connectivity index (χ3v) is 5.66. The first-order chi connectivity index (χ1) is 10.1. The zero-order valence-electron chi connectivity index (χ0n) is 12.3. The summed E-state index contributed by atoms with van der Waals surface area (Å²) < 4.78 is 17.8. The van der Waals surface area contributed by atoms with Crippen LogP contribution in [-0.4, -0.2) is 32.9 Å². The van der Waals surface area contributed by atoms with Crippen molar-refractivity contribution in [2.45, 2.75) is 37.9 Å². The number of carboxylic acids is 1. The molecule has 5 heteroatoms. The highest BCUT2D eigenvalue weighted by molar-refractivity contribution is 7.85. The first-order valence-electron chi connectivity index (χ1n) is 7.39. The van der Waals surface area contributed by atoms with Crippen molar-refractivity contribution < 1.29 is 18.8 Å². The quantitative estimate of drug-likeness (QED) is 0.877. The fourth-order valence-electron chi connectivity index (χ4n) is 2.72. The number of carbonyl (C=O) groups is 1. The molecular formula is C16H22O4S. The SMILES string of the molecule is CC1CCCC(S(=O)CCOc2ccc(C(=O)O)cc2)C1. The molecule has 1 aromatic carbocycles. The second-order valence-electron chi connectivity index (χ2n) is 5.66. The summed E-state index contributed by atoms with van der Waals surface area (Å²) in [5.74, 6) is 0.887.